The van der Waals surface area contributed by atoms with Gasteiger partial charge in [-0.05, 0) is 25.7 Å². The van der Waals surface area contributed by atoms with Crippen LogP contribution in [0.25, 0.3) is 0 Å². The summed E-state index contributed by atoms with van der Waals surface area (Å²) >= 11 is 0. The molecule has 0 atom stereocenters. The molecule has 0 unspecified atom stereocenters. The number of hydrogen-bond donors (Lipinski definition) is 0. The van der Waals surface area contributed by atoms with E-state index < -0.39 is 11.9 Å². The Balaban J connectivity index is 1.62. The van der Waals surface area contributed by atoms with Gasteiger partial charge in [0, 0.05) is 24.0 Å². The van der Waals surface area contributed by atoms with Crippen LogP contribution in [0.2, 0.25) is 0 Å². The van der Waals surface area contributed by atoms with E-state index in [9.17, 15) is 19.2 Å². The van der Waals surface area contributed by atoms with Gasteiger partial charge < -0.3 is 9.47 Å². The van der Waals surface area contributed by atoms with Crippen molar-refractivity contribution in [1.29, 1.82) is 0 Å². The van der Waals surface area contributed by atoms with E-state index in [2.05, 4.69) is 0 Å². The zero-order chi connectivity index (χ0) is 17.4. The summed E-state index contributed by atoms with van der Waals surface area (Å²) in [4.78, 5) is 46.5. The molecule has 0 amide bonds. The number of carbonyl (C=O) groups is 4. The highest BCUT2D eigenvalue weighted by atomic mass is 16.5. The van der Waals surface area contributed by atoms with Crippen molar-refractivity contribution in [2.75, 3.05) is 13.2 Å². The van der Waals surface area contributed by atoms with Crippen LogP contribution >= 0.6 is 0 Å². The van der Waals surface area contributed by atoms with Crippen LogP contribution in [0.5, 0.6) is 0 Å². The van der Waals surface area contributed by atoms with Gasteiger partial charge in [0.05, 0.1) is 0 Å². The lowest BCUT2D eigenvalue weighted by atomic mass is 10.0. The van der Waals surface area contributed by atoms with Crippen LogP contribution in [0.1, 0.15) is 51.4 Å². The molecule has 2 saturated carbocycles. The monoisotopic (exact) mass is 336 g/mol. The van der Waals surface area contributed by atoms with Gasteiger partial charge in [0.25, 0.3) is 0 Å². The Kier molecular flexibility index (Phi) is 7.15. The van der Waals surface area contributed by atoms with Crippen molar-refractivity contribution in [2.45, 2.75) is 51.4 Å². The second-order valence-corrected chi connectivity index (χ2v) is 6.44. The van der Waals surface area contributed by atoms with Gasteiger partial charge >= 0.3 is 11.9 Å². The van der Waals surface area contributed by atoms with Crippen molar-refractivity contribution in [1.82, 2.24) is 0 Å². The van der Waals surface area contributed by atoms with Crippen molar-refractivity contribution < 1.29 is 28.7 Å². The summed E-state index contributed by atoms with van der Waals surface area (Å²) in [5.74, 6) is -1.68. The molecule has 0 aromatic carbocycles. The van der Waals surface area contributed by atoms with Gasteiger partial charge in [0.15, 0.2) is 24.8 Å². The van der Waals surface area contributed by atoms with E-state index in [1.54, 1.807) is 0 Å². The van der Waals surface area contributed by atoms with Crippen LogP contribution in [0, 0.1) is 11.8 Å². The minimum absolute atomic E-state index is 0.00616. The van der Waals surface area contributed by atoms with Crippen molar-refractivity contribution in [3.05, 3.63) is 12.2 Å². The summed E-state index contributed by atoms with van der Waals surface area (Å²) in [7, 11) is 0. The lowest BCUT2D eigenvalue weighted by Gasteiger charge is -2.07. The predicted octanol–water partition coefficient (Wildman–Crippen LogP) is 2.15. The Labute approximate surface area is 141 Å². The van der Waals surface area contributed by atoms with Crippen LogP contribution < -0.4 is 0 Å². The minimum Gasteiger partial charge on any atom is -0.455 e. The Bertz CT molecular complexity index is 464. The largest absolute Gasteiger partial charge is 0.455 e. The zero-order valence-corrected chi connectivity index (χ0v) is 13.8. The Morgan fingerprint density at radius 2 is 1.00 bits per heavy atom. The van der Waals surface area contributed by atoms with Crippen molar-refractivity contribution in [3.63, 3.8) is 0 Å². The minimum atomic E-state index is -0.764. The van der Waals surface area contributed by atoms with Gasteiger partial charge in [-0.1, -0.05) is 25.7 Å². The molecule has 0 aliphatic heterocycles. The zero-order valence-electron chi connectivity index (χ0n) is 13.8. The molecule has 0 heterocycles. The van der Waals surface area contributed by atoms with E-state index in [4.69, 9.17) is 9.47 Å². The first-order valence-electron chi connectivity index (χ1n) is 8.63. The van der Waals surface area contributed by atoms with Crippen LogP contribution in [-0.4, -0.2) is 36.7 Å². The first-order chi connectivity index (χ1) is 11.6. The second kappa shape index (κ2) is 9.35. The molecule has 132 valence electrons. The average Bonchev–Trinajstić information content (AvgIpc) is 3.28. The molecule has 0 radical (unpaired) electrons. The van der Waals surface area contributed by atoms with Gasteiger partial charge in [-0.15, -0.1) is 0 Å². The molecule has 6 nitrogen and oxygen atoms in total. The van der Waals surface area contributed by atoms with Crippen molar-refractivity contribution >= 4 is 23.5 Å². The Morgan fingerprint density at radius 1 is 0.667 bits per heavy atom. The summed E-state index contributed by atoms with van der Waals surface area (Å²) in [6, 6.07) is 0. The number of hydrogen-bond acceptors (Lipinski definition) is 6. The fourth-order valence-electron chi connectivity index (χ4n) is 3.25. The molecule has 0 aromatic rings. The molecule has 0 spiro atoms. The SMILES string of the molecule is O=C(/C=C/C(=O)OCC(=O)C1CCCC1)OCC(=O)C1CCCC1. The molecule has 2 aliphatic rings. The third kappa shape index (κ3) is 5.91. The van der Waals surface area contributed by atoms with Gasteiger partial charge in [-0.25, -0.2) is 9.59 Å². The third-order valence-electron chi connectivity index (χ3n) is 4.69. The number of rotatable bonds is 8. The molecule has 0 bridgehead atoms. The highest BCUT2D eigenvalue weighted by Crippen LogP contribution is 2.26. The summed E-state index contributed by atoms with van der Waals surface area (Å²) < 4.78 is 9.65. The first kappa shape index (κ1) is 18.4. The lowest BCUT2D eigenvalue weighted by Crippen LogP contribution is -2.20. The highest BCUT2D eigenvalue weighted by Gasteiger charge is 2.24. The Morgan fingerprint density at radius 3 is 1.33 bits per heavy atom. The van der Waals surface area contributed by atoms with Gasteiger partial charge in [0.2, 0.25) is 0 Å². The molecule has 2 fully saturated rings. The maximum Gasteiger partial charge on any atom is 0.331 e. The van der Waals surface area contributed by atoms with Crippen LogP contribution in [-0.2, 0) is 28.7 Å². The summed E-state index contributed by atoms with van der Waals surface area (Å²) in [6.07, 6.45) is 9.41. The molecule has 24 heavy (non-hydrogen) atoms. The summed E-state index contributed by atoms with van der Waals surface area (Å²) in [6.45, 7) is -0.522. The number of esters is 2. The number of Topliss-reactive ketones (excluding diaryl/α,β-unsaturated/α-hetero) is 2. The second-order valence-electron chi connectivity index (χ2n) is 6.44. The number of ether oxygens (including phenoxy) is 2. The lowest BCUT2D eigenvalue weighted by molar-refractivity contribution is -0.145. The molecule has 0 N–H and O–H groups in total. The third-order valence-corrected chi connectivity index (χ3v) is 4.69. The standard InChI is InChI=1S/C18H24O6/c19-15(13-5-1-2-6-13)11-23-17(21)9-10-18(22)24-12-16(20)14-7-3-4-8-14/h9-10,13-14H,1-8,11-12H2/b10-9+. The van der Waals surface area contributed by atoms with Gasteiger partial charge in [0.1, 0.15) is 0 Å². The molecule has 6 heteroatoms. The molecular weight excluding hydrogens is 312 g/mol. The topological polar surface area (TPSA) is 86.7 Å². The summed E-state index contributed by atoms with van der Waals surface area (Å²) in [5, 5.41) is 0. The molecular formula is C18H24O6. The molecule has 0 aromatic heterocycles. The van der Waals surface area contributed by atoms with Gasteiger partial charge in [-0.2, -0.15) is 0 Å². The summed E-state index contributed by atoms with van der Waals surface area (Å²) in [5.41, 5.74) is 0. The van der Waals surface area contributed by atoms with Gasteiger partial charge in [-0.3, -0.25) is 9.59 Å². The first-order valence-corrected chi connectivity index (χ1v) is 8.63. The highest BCUT2D eigenvalue weighted by molar-refractivity contribution is 5.94. The van der Waals surface area contributed by atoms with E-state index in [1.807, 2.05) is 0 Å². The fourth-order valence-corrected chi connectivity index (χ4v) is 3.25. The van der Waals surface area contributed by atoms with E-state index in [1.165, 1.54) is 0 Å². The van der Waals surface area contributed by atoms with Crippen molar-refractivity contribution in [3.8, 4) is 0 Å². The quantitative estimate of drug-likeness (QED) is 0.498. The van der Waals surface area contributed by atoms with E-state index >= 15 is 0 Å². The normalized spacial score (nSPS) is 18.8. The average molecular weight is 336 g/mol. The van der Waals surface area contributed by atoms with Crippen molar-refractivity contribution in [2.24, 2.45) is 11.8 Å². The Hall–Kier alpha value is -1.98. The molecule has 2 aliphatic carbocycles. The van der Waals surface area contributed by atoms with Crippen LogP contribution in [0.4, 0.5) is 0 Å². The fraction of sp³-hybridized carbons (Fsp3) is 0.667. The number of ketones is 2. The predicted molar refractivity (Wildman–Crippen MR) is 85.0 cm³/mol. The molecule has 2 rings (SSSR count). The van der Waals surface area contributed by atoms with Crippen LogP contribution in [0.15, 0.2) is 12.2 Å². The van der Waals surface area contributed by atoms with E-state index in [0.29, 0.717) is 0 Å². The number of carbonyl (C=O) groups excluding carboxylic acids is 4. The van der Waals surface area contributed by atoms with E-state index in [0.717, 1.165) is 63.5 Å². The molecule has 0 saturated heterocycles. The van der Waals surface area contributed by atoms with Crippen LogP contribution in [0.3, 0.4) is 0 Å². The maximum atomic E-state index is 11.8. The maximum absolute atomic E-state index is 11.8. The smallest absolute Gasteiger partial charge is 0.331 e. The van der Waals surface area contributed by atoms with E-state index in [-0.39, 0.29) is 36.6 Å².